The van der Waals surface area contributed by atoms with Gasteiger partial charge in [-0.2, -0.15) is 0 Å². The molecule has 0 spiro atoms. The maximum atomic E-state index is 12.3. The van der Waals surface area contributed by atoms with Crippen LogP contribution in [0, 0.1) is 12.8 Å². The van der Waals surface area contributed by atoms with Crippen molar-refractivity contribution in [2.75, 3.05) is 0 Å². The average Bonchev–Trinajstić information content (AvgIpc) is 2.34. The molecule has 1 N–H and O–H groups in total. The summed E-state index contributed by atoms with van der Waals surface area (Å²) in [4.78, 5) is 12.3. The van der Waals surface area contributed by atoms with E-state index >= 15 is 0 Å². The van der Waals surface area contributed by atoms with Crippen LogP contribution in [0.3, 0.4) is 0 Å². The lowest BCUT2D eigenvalue weighted by Crippen LogP contribution is -2.20. The molecule has 0 unspecified atom stereocenters. The zero-order chi connectivity index (χ0) is 13.4. The van der Waals surface area contributed by atoms with Crippen molar-refractivity contribution in [1.29, 1.82) is 0 Å². The van der Waals surface area contributed by atoms with Gasteiger partial charge in [-0.3, -0.25) is 4.79 Å². The Bertz CT molecular complexity index is 477. The zero-order valence-electron chi connectivity index (χ0n) is 11.4. The summed E-state index contributed by atoms with van der Waals surface area (Å²) in [6.45, 7) is 7.82. The van der Waals surface area contributed by atoms with E-state index in [2.05, 4.69) is 0 Å². The van der Waals surface area contributed by atoms with E-state index < -0.39 is 0 Å². The van der Waals surface area contributed by atoms with Crippen LogP contribution in [0.4, 0.5) is 0 Å². The summed E-state index contributed by atoms with van der Waals surface area (Å²) < 4.78 is 5.76. The molecule has 1 aliphatic rings. The first-order valence-electron chi connectivity index (χ1n) is 6.43. The molecule has 0 aliphatic carbocycles. The number of aromatic hydroxyl groups is 1. The van der Waals surface area contributed by atoms with Gasteiger partial charge in [0, 0.05) is 24.0 Å². The first-order chi connectivity index (χ1) is 8.40. The number of carbonyl (C=O) groups excluding carboxylic acids is 1. The van der Waals surface area contributed by atoms with Crippen LogP contribution in [0.25, 0.3) is 0 Å². The third-order valence-corrected chi connectivity index (χ3v) is 3.49. The van der Waals surface area contributed by atoms with Crippen molar-refractivity contribution in [3.8, 4) is 11.5 Å². The third-order valence-electron chi connectivity index (χ3n) is 3.49. The first kappa shape index (κ1) is 12.9. The summed E-state index contributed by atoms with van der Waals surface area (Å²) in [7, 11) is 0. The largest absolute Gasteiger partial charge is 0.508 e. The van der Waals surface area contributed by atoms with Gasteiger partial charge in [0.2, 0.25) is 0 Å². The number of fused-ring (bicyclic) bond motifs is 1. The van der Waals surface area contributed by atoms with Gasteiger partial charge in [-0.1, -0.05) is 13.8 Å². The van der Waals surface area contributed by atoms with Crippen molar-refractivity contribution >= 4 is 5.78 Å². The number of hydrogen-bond donors (Lipinski definition) is 1. The fraction of sp³-hybridized carbons (Fsp3) is 0.533. The lowest BCUT2D eigenvalue weighted by atomic mass is 9.83. The van der Waals surface area contributed by atoms with Crippen molar-refractivity contribution in [2.45, 2.75) is 46.1 Å². The molecular formula is C15H20O3. The number of benzene rings is 1. The fourth-order valence-corrected chi connectivity index (χ4v) is 2.62. The summed E-state index contributed by atoms with van der Waals surface area (Å²) in [5.41, 5.74) is 1.69. The minimum atomic E-state index is -0.137. The Labute approximate surface area is 108 Å². The van der Waals surface area contributed by atoms with Crippen LogP contribution in [0.2, 0.25) is 0 Å². The summed E-state index contributed by atoms with van der Waals surface area (Å²) in [5.74, 6) is 1.19. The smallest absolute Gasteiger partial charge is 0.144 e. The normalized spacial score (nSPS) is 23.5. The molecule has 18 heavy (non-hydrogen) atoms. The highest BCUT2D eigenvalue weighted by Crippen LogP contribution is 2.40. The van der Waals surface area contributed by atoms with Gasteiger partial charge < -0.3 is 9.84 Å². The molecule has 2 atom stereocenters. The molecule has 3 nitrogen and oxygen atoms in total. The quantitative estimate of drug-likeness (QED) is 0.830. The van der Waals surface area contributed by atoms with Gasteiger partial charge in [0.25, 0.3) is 0 Å². The topological polar surface area (TPSA) is 46.5 Å². The van der Waals surface area contributed by atoms with Crippen LogP contribution in [0.1, 0.15) is 44.2 Å². The molecule has 1 aromatic carbocycles. The van der Waals surface area contributed by atoms with E-state index in [-0.39, 0.29) is 29.5 Å². The number of phenols is 1. The molecule has 0 bridgehead atoms. The van der Waals surface area contributed by atoms with Gasteiger partial charge in [-0.25, -0.2) is 0 Å². The van der Waals surface area contributed by atoms with E-state index in [1.54, 1.807) is 6.07 Å². The molecule has 98 valence electrons. The van der Waals surface area contributed by atoms with Crippen molar-refractivity contribution in [3.05, 3.63) is 23.3 Å². The van der Waals surface area contributed by atoms with Crippen LogP contribution < -0.4 is 4.74 Å². The summed E-state index contributed by atoms with van der Waals surface area (Å²) in [6, 6.07) is 3.51. The van der Waals surface area contributed by atoms with Gasteiger partial charge in [0.15, 0.2) is 0 Å². The predicted octanol–water partition coefficient (Wildman–Crippen LogP) is 3.18. The number of phenolic OH excluding ortho intramolecular Hbond substituents is 1. The van der Waals surface area contributed by atoms with Crippen LogP contribution in [0.5, 0.6) is 11.5 Å². The summed E-state index contributed by atoms with van der Waals surface area (Å²) in [5, 5.41) is 9.78. The lowest BCUT2D eigenvalue weighted by molar-refractivity contribution is -0.122. The molecule has 0 saturated heterocycles. The van der Waals surface area contributed by atoms with E-state index in [0.717, 1.165) is 11.1 Å². The number of rotatable bonds is 1. The van der Waals surface area contributed by atoms with Crippen molar-refractivity contribution in [3.63, 3.8) is 0 Å². The van der Waals surface area contributed by atoms with Crippen molar-refractivity contribution in [2.24, 2.45) is 5.92 Å². The Morgan fingerprint density at radius 2 is 2.06 bits per heavy atom. The molecule has 0 fully saturated rings. The van der Waals surface area contributed by atoms with Crippen LogP contribution in [0.15, 0.2) is 12.1 Å². The van der Waals surface area contributed by atoms with Crippen molar-refractivity contribution < 1.29 is 14.6 Å². The van der Waals surface area contributed by atoms with Crippen LogP contribution in [-0.2, 0) is 4.79 Å². The van der Waals surface area contributed by atoms with E-state index in [9.17, 15) is 9.90 Å². The highest BCUT2D eigenvalue weighted by Gasteiger charge is 2.32. The number of aryl methyl sites for hydroxylation is 1. The van der Waals surface area contributed by atoms with Crippen LogP contribution in [-0.4, -0.2) is 17.0 Å². The maximum absolute atomic E-state index is 12.3. The first-order valence-corrected chi connectivity index (χ1v) is 6.43. The second-order valence-corrected chi connectivity index (χ2v) is 5.50. The second kappa shape index (κ2) is 4.63. The van der Waals surface area contributed by atoms with Gasteiger partial charge >= 0.3 is 0 Å². The maximum Gasteiger partial charge on any atom is 0.144 e. The molecular weight excluding hydrogens is 228 g/mol. The number of ether oxygens (including phenoxy) is 1. The van der Waals surface area contributed by atoms with E-state index in [1.807, 2.05) is 33.8 Å². The molecule has 1 heterocycles. The fourth-order valence-electron chi connectivity index (χ4n) is 2.62. The van der Waals surface area contributed by atoms with Gasteiger partial charge in [0.05, 0.1) is 0 Å². The third kappa shape index (κ3) is 2.22. The predicted molar refractivity (Wildman–Crippen MR) is 70.1 cm³/mol. The van der Waals surface area contributed by atoms with E-state index in [0.29, 0.717) is 12.2 Å². The minimum Gasteiger partial charge on any atom is -0.508 e. The van der Waals surface area contributed by atoms with Gasteiger partial charge in [-0.05, 0) is 31.4 Å². The summed E-state index contributed by atoms with van der Waals surface area (Å²) in [6.07, 6.45) is 0.291. The number of ketones is 1. The van der Waals surface area contributed by atoms with Crippen LogP contribution >= 0.6 is 0 Å². The highest BCUT2D eigenvalue weighted by atomic mass is 16.5. The highest BCUT2D eigenvalue weighted by molar-refractivity contribution is 5.88. The molecule has 0 saturated carbocycles. The summed E-state index contributed by atoms with van der Waals surface area (Å²) >= 11 is 0. The molecule has 3 heteroatoms. The van der Waals surface area contributed by atoms with Gasteiger partial charge in [0.1, 0.15) is 23.4 Å². The SMILES string of the molecule is Cc1cc2c(cc1O)O[C@@H](C)CC(=O)[C@H]2C(C)C. The molecule has 1 aliphatic heterocycles. The molecule has 2 rings (SSSR count). The monoisotopic (exact) mass is 248 g/mol. The average molecular weight is 248 g/mol. The van der Waals surface area contributed by atoms with E-state index in [4.69, 9.17) is 4.74 Å². The standard InChI is InChI=1S/C15H20O3/c1-8(2)15-11-5-9(3)12(16)7-14(11)18-10(4)6-13(15)17/h5,7-8,10,15-16H,6H2,1-4H3/t10-,15-/m0/s1. The van der Waals surface area contributed by atoms with Gasteiger partial charge in [-0.15, -0.1) is 0 Å². The molecule has 0 aromatic heterocycles. The Kier molecular flexibility index (Phi) is 3.33. The Hall–Kier alpha value is -1.51. The molecule has 0 amide bonds. The Balaban J connectivity index is 2.59. The Morgan fingerprint density at radius 3 is 2.67 bits per heavy atom. The minimum absolute atomic E-state index is 0.135. The van der Waals surface area contributed by atoms with Crippen molar-refractivity contribution in [1.82, 2.24) is 0 Å². The zero-order valence-corrected chi connectivity index (χ0v) is 11.4. The molecule has 0 radical (unpaired) electrons. The number of Topliss-reactive ketones (excluding diaryl/α,β-unsaturated/α-hetero) is 1. The number of carbonyl (C=O) groups is 1. The number of hydrogen-bond acceptors (Lipinski definition) is 3. The Morgan fingerprint density at radius 1 is 1.39 bits per heavy atom. The lowest BCUT2D eigenvalue weighted by Gasteiger charge is -2.20. The second-order valence-electron chi connectivity index (χ2n) is 5.50. The van der Waals surface area contributed by atoms with E-state index in [1.165, 1.54) is 0 Å². The molecule has 1 aromatic rings.